The van der Waals surface area contributed by atoms with Gasteiger partial charge in [0.1, 0.15) is 11.9 Å². The number of aromatic nitrogens is 1. The van der Waals surface area contributed by atoms with Crippen LogP contribution in [0.4, 0.5) is 4.39 Å². The number of allylic oxidation sites excluding steroid dienone is 1. The molecule has 1 aromatic carbocycles. The van der Waals surface area contributed by atoms with Crippen molar-refractivity contribution in [3.05, 3.63) is 74.2 Å². The van der Waals surface area contributed by atoms with E-state index in [2.05, 4.69) is 32.1 Å². The summed E-state index contributed by atoms with van der Waals surface area (Å²) >= 11 is 8.07. The Morgan fingerprint density at radius 1 is 1.33 bits per heavy atom. The number of amidine groups is 1. The maximum Gasteiger partial charge on any atom is 0.210 e. The first-order valence-corrected chi connectivity index (χ1v) is 15.6. The lowest BCUT2D eigenvalue weighted by Crippen LogP contribution is -2.57. The molecule has 1 amide bonds. The summed E-state index contributed by atoms with van der Waals surface area (Å²) in [5.41, 5.74) is 9.45. The average molecular weight is 613 g/mol. The van der Waals surface area contributed by atoms with Crippen molar-refractivity contribution in [1.29, 1.82) is 0 Å². The highest BCUT2D eigenvalue weighted by molar-refractivity contribution is 7.11. The number of halogens is 2. The van der Waals surface area contributed by atoms with Gasteiger partial charge in [-0.25, -0.2) is 9.37 Å². The molecular formula is C30H38ClFN8OS. The second-order valence-corrected chi connectivity index (χ2v) is 12.3. The molecule has 12 heteroatoms. The van der Waals surface area contributed by atoms with Crippen molar-refractivity contribution in [1.82, 2.24) is 25.0 Å². The number of thiazole rings is 1. The monoisotopic (exact) mass is 612 g/mol. The number of nitrogens with zero attached hydrogens (tertiary/aromatic N) is 6. The molecular weight excluding hydrogens is 575 g/mol. The fourth-order valence-electron chi connectivity index (χ4n) is 6.13. The molecule has 0 radical (unpaired) electrons. The van der Waals surface area contributed by atoms with Crippen LogP contribution in [-0.4, -0.2) is 97.0 Å². The van der Waals surface area contributed by atoms with Crippen molar-refractivity contribution >= 4 is 41.4 Å². The van der Waals surface area contributed by atoms with Gasteiger partial charge in [0, 0.05) is 91.2 Å². The number of carbonyl (C=O) groups excluding carboxylic acids is 1. The molecule has 0 spiro atoms. The standard InChI is InChI=1S/C30H38ClFN8OS/c1-34-10-9-25(33)27-26(18-39-12-13-40(19-41)22(17-39)16-38(2)21-5-3-4-6-21)36-29(30-35-11-14-42-30)37-28(27)23-8-7-20(32)15-24(23)31/h7-11,14-15,19,21-22,28H,3-6,12-13,16-18,33H2,1-2H3,(H,36,37)/t22?,28-/m0/s1. The molecule has 1 aliphatic carbocycles. The molecule has 3 N–H and O–H groups in total. The quantitative estimate of drug-likeness (QED) is 0.312. The van der Waals surface area contributed by atoms with Crippen LogP contribution in [0.15, 0.2) is 62.8 Å². The van der Waals surface area contributed by atoms with Gasteiger partial charge in [-0.1, -0.05) is 30.5 Å². The maximum absolute atomic E-state index is 14.1. The van der Waals surface area contributed by atoms with E-state index in [1.54, 1.807) is 31.6 Å². The van der Waals surface area contributed by atoms with Crippen molar-refractivity contribution < 1.29 is 9.18 Å². The minimum Gasteiger partial charge on any atom is -0.398 e. The highest BCUT2D eigenvalue weighted by Gasteiger charge is 2.34. The van der Waals surface area contributed by atoms with Gasteiger partial charge in [0.25, 0.3) is 0 Å². The molecule has 2 atom stereocenters. The fourth-order valence-corrected chi connectivity index (χ4v) is 6.99. The molecule has 5 rings (SSSR count). The van der Waals surface area contributed by atoms with E-state index in [1.165, 1.54) is 49.2 Å². The third-order valence-corrected chi connectivity index (χ3v) is 9.42. The van der Waals surface area contributed by atoms with Crippen molar-refractivity contribution in [2.45, 2.75) is 43.8 Å². The molecule has 42 heavy (non-hydrogen) atoms. The Morgan fingerprint density at radius 2 is 2.14 bits per heavy atom. The van der Waals surface area contributed by atoms with Crippen LogP contribution in [0.2, 0.25) is 5.02 Å². The Hall–Kier alpha value is -3.12. The molecule has 2 aliphatic heterocycles. The van der Waals surface area contributed by atoms with Gasteiger partial charge in [-0.15, -0.1) is 11.3 Å². The van der Waals surface area contributed by atoms with Gasteiger partial charge in [-0.05, 0) is 38.1 Å². The molecule has 1 aromatic heterocycles. The molecule has 3 aliphatic rings. The fraction of sp³-hybridized carbons (Fsp3) is 0.467. The summed E-state index contributed by atoms with van der Waals surface area (Å²) in [4.78, 5) is 32.3. The number of amides is 1. The minimum atomic E-state index is -0.588. The molecule has 3 heterocycles. The van der Waals surface area contributed by atoms with E-state index in [0.717, 1.165) is 35.8 Å². The molecule has 9 nitrogen and oxygen atoms in total. The Kier molecular flexibility index (Phi) is 10.0. The number of likely N-dealkylation sites (N-methyl/N-ethyl adjacent to an activating group) is 1. The summed E-state index contributed by atoms with van der Waals surface area (Å²) < 4.78 is 14.1. The second-order valence-electron chi connectivity index (χ2n) is 11.0. The summed E-state index contributed by atoms with van der Waals surface area (Å²) in [6.07, 6.45) is 11.1. The number of carbonyl (C=O) groups is 1. The van der Waals surface area contributed by atoms with Gasteiger partial charge in [-0.3, -0.25) is 19.7 Å². The van der Waals surface area contributed by atoms with Crippen LogP contribution >= 0.6 is 22.9 Å². The molecule has 0 bridgehead atoms. The van der Waals surface area contributed by atoms with Crippen LogP contribution in [0.5, 0.6) is 0 Å². The first-order valence-electron chi connectivity index (χ1n) is 14.3. The van der Waals surface area contributed by atoms with E-state index >= 15 is 0 Å². The van der Waals surface area contributed by atoms with Crippen LogP contribution in [-0.2, 0) is 4.79 Å². The summed E-state index contributed by atoms with van der Waals surface area (Å²) in [5.74, 6) is 0.186. The van der Waals surface area contributed by atoms with E-state index in [4.69, 9.17) is 22.3 Å². The third kappa shape index (κ3) is 6.91. The molecule has 1 unspecified atom stereocenters. The lowest BCUT2D eigenvalue weighted by molar-refractivity contribution is -0.123. The van der Waals surface area contributed by atoms with E-state index in [1.807, 2.05) is 10.3 Å². The Bertz CT molecular complexity index is 1370. The smallest absolute Gasteiger partial charge is 0.210 e. The number of rotatable bonds is 10. The number of hydrogen-bond donors (Lipinski definition) is 2. The number of nitrogens with two attached hydrogens (primary N) is 1. The van der Waals surface area contributed by atoms with Gasteiger partial charge < -0.3 is 20.9 Å². The van der Waals surface area contributed by atoms with Crippen molar-refractivity contribution in [2.75, 3.05) is 46.8 Å². The summed E-state index contributed by atoms with van der Waals surface area (Å²) in [7, 11) is 3.86. The predicted octanol–water partition coefficient (Wildman–Crippen LogP) is 3.84. The molecule has 224 valence electrons. The first kappa shape index (κ1) is 30.3. The number of aliphatic imine (C=N–C) groups is 2. The van der Waals surface area contributed by atoms with Crippen molar-refractivity contribution in [3.63, 3.8) is 0 Å². The number of hydrogen-bond acceptors (Lipinski definition) is 9. The van der Waals surface area contributed by atoms with Crippen LogP contribution in [0.25, 0.3) is 0 Å². The summed E-state index contributed by atoms with van der Waals surface area (Å²) in [6.45, 7) is 3.45. The van der Waals surface area contributed by atoms with E-state index < -0.39 is 11.9 Å². The SMILES string of the molecule is CN=CC=C(N)C1=C(CN2CCN(C=O)C(CN(C)C3CCCC3)C2)NC(c2nccs2)=N[C@H]1c1ccc(F)cc1Cl. The maximum atomic E-state index is 14.1. The van der Waals surface area contributed by atoms with E-state index in [9.17, 15) is 9.18 Å². The van der Waals surface area contributed by atoms with Crippen LogP contribution in [0, 0.1) is 5.82 Å². The summed E-state index contributed by atoms with van der Waals surface area (Å²) in [6, 6.07) is 4.40. The van der Waals surface area contributed by atoms with Gasteiger partial charge in [0.15, 0.2) is 10.8 Å². The van der Waals surface area contributed by atoms with Gasteiger partial charge in [-0.2, -0.15) is 0 Å². The molecule has 1 saturated heterocycles. The number of nitrogens with one attached hydrogen (secondary N) is 1. The highest BCUT2D eigenvalue weighted by atomic mass is 35.5. The number of benzene rings is 1. The molecule has 2 aromatic rings. The van der Waals surface area contributed by atoms with E-state index in [0.29, 0.717) is 42.8 Å². The average Bonchev–Trinajstić information content (AvgIpc) is 3.71. The zero-order chi connectivity index (χ0) is 29.6. The predicted molar refractivity (Wildman–Crippen MR) is 168 cm³/mol. The van der Waals surface area contributed by atoms with Crippen LogP contribution in [0.1, 0.15) is 42.3 Å². The third-order valence-electron chi connectivity index (χ3n) is 8.31. The Morgan fingerprint density at radius 3 is 2.83 bits per heavy atom. The molecule has 1 saturated carbocycles. The Balaban J connectivity index is 1.50. The van der Waals surface area contributed by atoms with Gasteiger partial charge in [0.05, 0.1) is 6.04 Å². The van der Waals surface area contributed by atoms with Gasteiger partial charge >= 0.3 is 0 Å². The molecule has 2 fully saturated rings. The minimum absolute atomic E-state index is 0.0732. The van der Waals surface area contributed by atoms with Crippen LogP contribution in [0.3, 0.4) is 0 Å². The van der Waals surface area contributed by atoms with Crippen molar-refractivity contribution in [2.24, 2.45) is 15.7 Å². The summed E-state index contributed by atoms with van der Waals surface area (Å²) in [5, 5.41) is 6.43. The van der Waals surface area contributed by atoms with Gasteiger partial charge in [0.2, 0.25) is 6.41 Å². The lowest BCUT2D eigenvalue weighted by atomic mass is 9.92. The lowest BCUT2D eigenvalue weighted by Gasteiger charge is -2.42. The zero-order valence-corrected chi connectivity index (χ0v) is 25.6. The zero-order valence-electron chi connectivity index (χ0n) is 24.0. The Labute approximate surface area is 255 Å². The van der Waals surface area contributed by atoms with Crippen LogP contribution < -0.4 is 11.1 Å². The largest absolute Gasteiger partial charge is 0.398 e. The first-order chi connectivity index (χ1) is 20.4. The topological polar surface area (TPSA) is 102 Å². The van der Waals surface area contributed by atoms with Crippen molar-refractivity contribution in [3.8, 4) is 0 Å². The second kappa shape index (κ2) is 13.9. The number of piperazine rings is 1. The van der Waals surface area contributed by atoms with E-state index in [-0.39, 0.29) is 11.1 Å². The highest BCUT2D eigenvalue weighted by Crippen LogP contribution is 2.38. The normalized spacial score (nSPS) is 22.7.